The molecule has 0 bridgehead atoms. The van der Waals surface area contributed by atoms with Crippen molar-refractivity contribution in [1.29, 1.82) is 0 Å². The van der Waals surface area contributed by atoms with Gasteiger partial charge in [0.2, 0.25) is 0 Å². The van der Waals surface area contributed by atoms with E-state index >= 15 is 0 Å². The highest BCUT2D eigenvalue weighted by Gasteiger charge is 2.12. The van der Waals surface area contributed by atoms with Crippen LogP contribution in [0.2, 0.25) is 0 Å². The summed E-state index contributed by atoms with van der Waals surface area (Å²) in [5.41, 5.74) is 1.93. The van der Waals surface area contributed by atoms with Crippen molar-refractivity contribution in [2.24, 2.45) is 0 Å². The van der Waals surface area contributed by atoms with Crippen molar-refractivity contribution >= 4 is 11.3 Å². The first kappa shape index (κ1) is 14.8. The van der Waals surface area contributed by atoms with E-state index in [1.165, 1.54) is 10.9 Å². The maximum absolute atomic E-state index is 9.58. The zero-order valence-electron chi connectivity index (χ0n) is 11.8. The van der Waals surface area contributed by atoms with Crippen LogP contribution in [0, 0.1) is 0 Å². The van der Waals surface area contributed by atoms with Crippen LogP contribution in [0.15, 0.2) is 18.2 Å². The van der Waals surface area contributed by atoms with Crippen molar-refractivity contribution in [3.8, 4) is 22.1 Å². The number of thiazole rings is 1. The van der Waals surface area contributed by atoms with Gasteiger partial charge < -0.3 is 15.5 Å². The van der Waals surface area contributed by atoms with E-state index in [1.807, 2.05) is 0 Å². The van der Waals surface area contributed by atoms with Gasteiger partial charge in [0.05, 0.1) is 5.69 Å². The Morgan fingerprint density at radius 3 is 2.65 bits per heavy atom. The van der Waals surface area contributed by atoms with Crippen LogP contribution in [0.1, 0.15) is 30.8 Å². The molecule has 0 aliphatic carbocycles. The molecule has 0 aliphatic heterocycles. The second-order valence-corrected chi connectivity index (χ2v) is 5.71. The molecule has 0 amide bonds. The highest BCUT2D eigenvalue weighted by Crippen LogP contribution is 2.34. The highest BCUT2D eigenvalue weighted by atomic mass is 32.1. The molecule has 5 heteroatoms. The third-order valence-electron chi connectivity index (χ3n) is 3.05. The summed E-state index contributed by atoms with van der Waals surface area (Å²) >= 11 is 1.64. The monoisotopic (exact) mass is 292 g/mol. The number of rotatable bonds is 6. The fourth-order valence-electron chi connectivity index (χ4n) is 1.96. The van der Waals surface area contributed by atoms with E-state index in [1.54, 1.807) is 23.5 Å². The summed E-state index contributed by atoms with van der Waals surface area (Å²) in [7, 11) is 0. The molecule has 0 saturated carbocycles. The van der Waals surface area contributed by atoms with Crippen LogP contribution in [0.4, 0.5) is 0 Å². The molecule has 0 aliphatic rings. The van der Waals surface area contributed by atoms with Gasteiger partial charge in [-0.05, 0) is 37.6 Å². The highest BCUT2D eigenvalue weighted by molar-refractivity contribution is 7.15. The molecule has 0 saturated heterocycles. The predicted molar refractivity (Wildman–Crippen MR) is 82.3 cm³/mol. The van der Waals surface area contributed by atoms with Crippen molar-refractivity contribution in [2.75, 3.05) is 6.54 Å². The Bertz CT molecular complexity index is 581. The number of phenols is 2. The second kappa shape index (κ2) is 6.72. The quantitative estimate of drug-likeness (QED) is 0.564. The third-order valence-corrected chi connectivity index (χ3v) is 4.19. The maximum Gasteiger partial charge on any atom is 0.158 e. The van der Waals surface area contributed by atoms with Crippen LogP contribution < -0.4 is 5.32 Å². The minimum Gasteiger partial charge on any atom is -0.504 e. The van der Waals surface area contributed by atoms with Gasteiger partial charge in [-0.2, -0.15) is 0 Å². The molecule has 3 N–H and O–H groups in total. The number of hydrogen-bond acceptors (Lipinski definition) is 5. The normalized spacial score (nSPS) is 10.9. The Kier molecular flexibility index (Phi) is 4.98. The van der Waals surface area contributed by atoms with Crippen molar-refractivity contribution in [3.05, 3.63) is 28.8 Å². The molecule has 1 aromatic heterocycles. The lowest BCUT2D eigenvalue weighted by Gasteiger charge is -2.01. The van der Waals surface area contributed by atoms with Crippen LogP contribution in [-0.2, 0) is 13.0 Å². The minimum absolute atomic E-state index is 0.106. The average Bonchev–Trinajstić information content (AvgIpc) is 2.85. The number of hydrogen-bond donors (Lipinski definition) is 3. The molecule has 0 unspecified atom stereocenters. The van der Waals surface area contributed by atoms with Gasteiger partial charge in [0.15, 0.2) is 11.5 Å². The lowest BCUT2D eigenvalue weighted by atomic mass is 10.2. The first-order valence-electron chi connectivity index (χ1n) is 6.87. The second-order valence-electron chi connectivity index (χ2n) is 4.62. The van der Waals surface area contributed by atoms with Gasteiger partial charge in [-0.25, -0.2) is 4.98 Å². The molecular weight excluding hydrogens is 272 g/mol. The first-order valence-corrected chi connectivity index (χ1v) is 7.69. The number of aromatic nitrogens is 1. The lowest BCUT2D eigenvalue weighted by molar-refractivity contribution is 0.404. The maximum atomic E-state index is 9.58. The Morgan fingerprint density at radius 2 is 2.00 bits per heavy atom. The van der Waals surface area contributed by atoms with Gasteiger partial charge in [0, 0.05) is 17.0 Å². The van der Waals surface area contributed by atoms with Crippen molar-refractivity contribution in [2.45, 2.75) is 33.2 Å². The Labute approximate surface area is 123 Å². The van der Waals surface area contributed by atoms with Crippen LogP contribution in [0.3, 0.4) is 0 Å². The van der Waals surface area contributed by atoms with Crippen LogP contribution in [-0.4, -0.2) is 21.7 Å². The molecule has 4 nitrogen and oxygen atoms in total. The first-order chi connectivity index (χ1) is 9.65. The zero-order valence-corrected chi connectivity index (χ0v) is 12.6. The van der Waals surface area contributed by atoms with E-state index in [0.29, 0.717) is 0 Å². The van der Waals surface area contributed by atoms with Gasteiger partial charge in [0.25, 0.3) is 0 Å². The number of aryl methyl sites for hydroxylation is 1. The van der Waals surface area contributed by atoms with E-state index in [2.05, 4.69) is 24.1 Å². The molecule has 2 rings (SSSR count). The number of benzene rings is 1. The van der Waals surface area contributed by atoms with E-state index in [-0.39, 0.29) is 11.5 Å². The largest absolute Gasteiger partial charge is 0.504 e. The molecule has 108 valence electrons. The minimum atomic E-state index is -0.110. The summed E-state index contributed by atoms with van der Waals surface area (Å²) in [6, 6.07) is 4.82. The fourth-order valence-corrected chi connectivity index (χ4v) is 3.07. The van der Waals surface area contributed by atoms with Crippen LogP contribution in [0.5, 0.6) is 11.5 Å². The molecule has 0 atom stereocenters. The summed E-state index contributed by atoms with van der Waals surface area (Å²) in [4.78, 5) is 5.87. The summed E-state index contributed by atoms with van der Waals surface area (Å²) in [5.74, 6) is -0.215. The van der Waals surface area contributed by atoms with E-state index in [9.17, 15) is 10.2 Å². The van der Waals surface area contributed by atoms with Gasteiger partial charge in [0.1, 0.15) is 5.01 Å². The molecule has 2 aromatic rings. The van der Waals surface area contributed by atoms with Gasteiger partial charge >= 0.3 is 0 Å². The Morgan fingerprint density at radius 1 is 1.20 bits per heavy atom. The number of nitrogens with zero attached hydrogens (tertiary/aromatic N) is 1. The zero-order chi connectivity index (χ0) is 14.5. The number of aromatic hydroxyl groups is 2. The summed E-state index contributed by atoms with van der Waals surface area (Å²) in [6.45, 7) is 6.07. The summed E-state index contributed by atoms with van der Waals surface area (Å²) in [5, 5.41) is 23.2. The molecule has 0 radical (unpaired) electrons. The number of phenolic OH excluding ortho intramolecular Hbond substituents is 2. The molecular formula is C15H20N2O2S. The topological polar surface area (TPSA) is 65.4 Å². The molecule has 0 spiro atoms. The predicted octanol–water partition coefficient (Wildman–Crippen LogP) is 3.28. The SMILES string of the molecule is CCCNCc1sc(-c2ccc(O)c(O)c2)nc1CC. The Balaban J connectivity index is 2.25. The van der Waals surface area contributed by atoms with Crippen molar-refractivity contribution in [1.82, 2.24) is 10.3 Å². The molecule has 1 aromatic carbocycles. The molecule has 20 heavy (non-hydrogen) atoms. The summed E-state index contributed by atoms with van der Waals surface area (Å²) < 4.78 is 0. The van der Waals surface area contributed by atoms with Gasteiger partial charge in [-0.15, -0.1) is 11.3 Å². The number of nitrogens with one attached hydrogen (secondary N) is 1. The molecule has 0 fully saturated rings. The lowest BCUT2D eigenvalue weighted by Crippen LogP contribution is -2.13. The van der Waals surface area contributed by atoms with Crippen LogP contribution >= 0.6 is 11.3 Å². The van der Waals surface area contributed by atoms with E-state index in [4.69, 9.17) is 0 Å². The smallest absolute Gasteiger partial charge is 0.158 e. The average molecular weight is 292 g/mol. The molecule has 1 heterocycles. The van der Waals surface area contributed by atoms with Crippen molar-refractivity contribution < 1.29 is 10.2 Å². The van der Waals surface area contributed by atoms with Gasteiger partial charge in [-0.3, -0.25) is 0 Å². The van der Waals surface area contributed by atoms with Crippen molar-refractivity contribution in [3.63, 3.8) is 0 Å². The summed E-state index contributed by atoms with van der Waals surface area (Å²) in [6.07, 6.45) is 2.00. The Hall–Kier alpha value is -1.59. The standard InChI is InChI=1S/C15H20N2O2S/c1-3-7-16-9-14-11(4-2)17-15(20-14)10-5-6-12(18)13(19)8-10/h5-6,8,16,18-19H,3-4,7,9H2,1-2H3. The van der Waals surface area contributed by atoms with E-state index < -0.39 is 0 Å². The van der Waals surface area contributed by atoms with Gasteiger partial charge in [-0.1, -0.05) is 13.8 Å². The third kappa shape index (κ3) is 3.29. The van der Waals surface area contributed by atoms with Crippen LogP contribution in [0.25, 0.3) is 10.6 Å². The van der Waals surface area contributed by atoms with E-state index in [0.717, 1.165) is 42.2 Å². The fraction of sp³-hybridized carbons (Fsp3) is 0.400.